The molecule has 0 radical (unpaired) electrons. The van der Waals surface area contributed by atoms with Gasteiger partial charge in [0.1, 0.15) is 5.82 Å². The molecule has 0 aromatic carbocycles. The van der Waals surface area contributed by atoms with Crippen molar-refractivity contribution < 1.29 is 4.52 Å². The van der Waals surface area contributed by atoms with Crippen LogP contribution in [0.15, 0.2) is 21.3 Å². The van der Waals surface area contributed by atoms with E-state index < -0.39 is 0 Å². The van der Waals surface area contributed by atoms with E-state index in [0.29, 0.717) is 11.9 Å². The fourth-order valence-electron chi connectivity index (χ4n) is 4.21. The summed E-state index contributed by atoms with van der Waals surface area (Å²) in [5, 5.41) is 7.95. The molecule has 1 aliphatic carbocycles. The Bertz CT molecular complexity index is 751. The molecule has 1 N–H and O–H groups in total. The van der Waals surface area contributed by atoms with Gasteiger partial charge in [-0.05, 0) is 47.7 Å². The molecule has 0 unspecified atom stereocenters. The maximum Gasteiger partial charge on any atom is 0.261 e. The third-order valence-electron chi connectivity index (χ3n) is 5.72. The number of aromatic nitrogens is 3. The molecule has 2 aromatic heterocycles. The lowest BCUT2D eigenvalue weighted by atomic mass is 9.93. The number of nitrogens with one attached hydrogen (secondary N) is 1. The Morgan fingerprint density at radius 2 is 1.89 bits per heavy atom. The highest BCUT2D eigenvalue weighted by Crippen LogP contribution is 2.32. The minimum absolute atomic E-state index is 0.554. The summed E-state index contributed by atoms with van der Waals surface area (Å²) in [4.78, 5) is 11.6. The van der Waals surface area contributed by atoms with E-state index in [1.807, 2.05) is 19.2 Å². The van der Waals surface area contributed by atoms with Crippen molar-refractivity contribution >= 4 is 21.7 Å². The predicted molar refractivity (Wildman–Crippen MR) is 110 cm³/mol. The molecule has 2 aliphatic rings. The SMILES string of the molecule is CCc1noc(-c2cc(Br)cnc2N2CCC(NC3CCCCC3)CC2)n1. The number of anilines is 1. The van der Waals surface area contributed by atoms with Crippen LogP contribution in [0.3, 0.4) is 0 Å². The van der Waals surface area contributed by atoms with Crippen molar-refractivity contribution in [2.75, 3.05) is 18.0 Å². The summed E-state index contributed by atoms with van der Waals surface area (Å²) in [6, 6.07) is 3.38. The maximum atomic E-state index is 5.49. The van der Waals surface area contributed by atoms with Crippen molar-refractivity contribution in [2.45, 2.75) is 70.4 Å². The van der Waals surface area contributed by atoms with Crippen molar-refractivity contribution in [2.24, 2.45) is 0 Å². The van der Waals surface area contributed by atoms with E-state index in [2.05, 4.69) is 41.3 Å². The molecule has 0 amide bonds. The summed E-state index contributed by atoms with van der Waals surface area (Å²) in [6.45, 7) is 4.03. The zero-order valence-electron chi connectivity index (χ0n) is 16.0. The molecule has 4 rings (SSSR count). The van der Waals surface area contributed by atoms with E-state index in [1.165, 1.54) is 32.1 Å². The number of halogens is 1. The van der Waals surface area contributed by atoms with Crippen LogP contribution < -0.4 is 10.2 Å². The van der Waals surface area contributed by atoms with Gasteiger partial charge in [0.25, 0.3) is 5.89 Å². The van der Waals surface area contributed by atoms with Crippen LogP contribution in [0, 0.1) is 0 Å². The number of hydrogen-bond acceptors (Lipinski definition) is 6. The minimum atomic E-state index is 0.554. The van der Waals surface area contributed by atoms with Crippen molar-refractivity contribution in [1.82, 2.24) is 20.4 Å². The molecular weight excluding hydrogens is 406 g/mol. The molecular formula is C20H28BrN5O. The fraction of sp³-hybridized carbons (Fsp3) is 0.650. The molecule has 0 bridgehead atoms. The average molecular weight is 434 g/mol. The largest absolute Gasteiger partial charge is 0.356 e. The van der Waals surface area contributed by atoms with Crippen LogP contribution in [0.4, 0.5) is 5.82 Å². The zero-order chi connectivity index (χ0) is 18.6. The zero-order valence-corrected chi connectivity index (χ0v) is 17.5. The Balaban J connectivity index is 1.45. The molecule has 27 heavy (non-hydrogen) atoms. The topological polar surface area (TPSA) is 67.1 Å². The van der Waals surface area contributed by atoms with Crippen molar-refractivity contribution in [3.05, 3.63) is 22.6 Å². The lowest BCUT2D eigenvalue weighted by Gasteiger charge is -2.36. The highest BCUT2D eigenvalue weighted by Gasteiger charge is 2.26. The smallest absolute Gasteiger partial charge is 0.261 e. The van der Waals surface area contributed by atoms with E-state index in [9.17, 15) is 0 Å². The Labute approximate surface area is 169 Å². The summed E-state index contributed by atoms with van der Waals surface area (Å²) in [5.41, 5.74) is 0.912. The second-order valence-corrected chi connectivity index (χ2v) is 8.57. The first kappa shape index (κ1) is 18.9. The Kier molecular flexibility index (Phi) is 6.08. The minimum Gasteiger partial charge on any atom is -0.356 e. The van der Waals surface area contributed by atoms with Gasteiger partial charge in [0.05, 0.1) is 5.56 Å². The van der Waals surface area contributed by atoms with Gasteiger partial charge < -0.3 is 14.7 Å². The van der Waals surface area contributed by atoms with Crippen molar-refractivity contribution in [3.8, 4) is 11.5 Å². The molecule has 2 aromatic rings. The van der Waals surface area contributed by atoms with Gasteiger partial charge in [-0.3, -0.25) is 0 Å². The van der Waals surface area contributed by atoms with E-state index in [4.69, 9.17) is 4.52 Å². The van der Waals surface area contributed by atoms with Gasteiger partial charge in [-0.2, -0.15) is 4.98 Å². The number of pyridine rings is 1. The van der Waals surface area contributed by atoms with Gasteiger partial charge in [0.2, 0.25) is 0 Å². The predicted octanol–water partition coefficient (Wildman–Crippen LogP) is 4.35. The maximum absolute atomic E-state index is 5.49. The van der Waals surface area contributed by atoms with Crippen LogP contribution in [0.25, 0.3) is 11.5 Å². The summed E-state index contributed by atoms with van der Waals surface area (Å²) in [6.07, 6.45) is 11.8. The molecule has 7 heteroatoms. The standard InChI is InChI=1S/C20H28BrN5O/c1-2-18-24-20(27-25-18)17-12-14(21)13-22-19(17)26-10-8-16(9-11-26)23-15-6-4-3-5-7-15/h12-13,15-16,23H,2-11H2,1H3. The molecule has 146 valence electrons. The monoisotopic (exact) mass is 433 g/mol. The molecule has 6 nitrogen and oxygen atoms in total. The number of aryl methyl sites for hydroxylation is 1. The third-order valence-corrected chi connectivity index (χ3v) is 6.15. The van der Waals surface area contributed by atoms with E-state index in [0.717, 1.165) is 60.1 Å². The van der Waals surface area contributed by atoms with Crippen LogP contribution in [0.5, 0.6) is 0 Å². The van der Waals surface area contributed by atoms with Gasteiger partial charge in [0, 0.05) is 42.3 Å². The highest BCUT2D eigenvalue weighted by molar-refractivity contribution is 9.10. The van der Waals surface area contributed by atoms with Crippen LogP contribution in [-0.4, -0.2) is 40.3 Å². The normalized spacial score (nSPS) is 19.6. The molecule has 1 saturated heterocycles. The van der Waals surface area contributed by atoms with Crippen LogP contribution in [0.1, 0.15) is 57.7 Å². The average Bonchev–Trinajstić information content (AvgIpc) is 3.19. The molecule has 3 heterocycles. The van der Waals surface area contributed by atoms with E-state index in [-0.39, 0.29) is 0 Å². The molecule has 1 aliphatic heterocycles. The summed E-state index contributed by atoms with van der Waals surface area (Å²) in [5.74, 6) is 2.23. The Morgan fingerprint density at radius 1 is 1.15 bits per heavy atom. The second kappa shape index (κ2) is 8.69. The third kappa shape index (κ3) is 4.51. The first-order valence-corrected chi connectivity index (χ1v) is 11.0. The fourth-order valence-corrected chi connectivity index (χ4v) is 4.54. The van der Waals surface area contributed by atoms with Crippen molar-refractivity contribution in [3.63, 3.8) is 0 Å². The summed E-state index contributed by atoms with van der Waals surface area (Å²) in [7, 11) is 0. The van der Waals surface area contributed by atoms with Gasteiger partial charge in [-0.15, -0.1) is 0 Å². The highest BCUT2D eigenvalue weighted by atomic mass is 79.9. The van der Waals surface area contributed by atoms with E-state index in [1.54, 1.807) is 0 Å². The quantitative estimate of drug-likeness (QED) is 0.755. The number of piperidine rings is 1. The second-order valence-electron chi connectivity index (χ2n) is 7.66. The number of rotatable bonds is 5. The lowest BCUT2D eigenvalue weighted by Crippen LogP contribution is -2.47. The van der Waals surface area contributed by atoms with Gasteiger partial charge in [0.15, 0.2) is 5.82 Å². The first-order chi connectivity index (χ1) is 13.2. The van der Waals surface area contributed by atoms with Crippen LogP contribution in [0.2, 0.25) is 0 Å². The van der Waals surface area contributed by atoms with Crippen LogP contribution >= 0.6 is 15.9 Å². The molecule has 1 saturated carbocycles. The Morgan fingerprint density at radius 3 is 2.59 bits per heavy atom. The molecule has 2 fully saturated rings. The summed E-state index contributed by atoms with van der Waals surface area (Å²) < 4.78 is 6.41. The summed E-state index contributed by atoms with van der Waals surface area (Å²) >= 11 is 3.53. The van der Waals surface area contributed by atoms with Gasteiger partial charge in [-0.1, -0.05) is 31.3 Å². The number of hydrogen-bond donors (Lipinski definition) is 1. The Hall–Kier alpha value is -1.47. The molecule has 0 spiro atoms. The first-order valence-electron chi connectivity index (χ1n) is 10.2. The van der Waals surface area contributed by atoms with Gasteiger partial charge in [-0.25, -0.2) is 4.98 Å². The lowest BCUT2D eigenvalue weighted by molar-refractivity contribution is 0.307. The van der Waals surface area contributed by atoms with Crippen molar-refractivity contribution in [1.29, 1.82) is 0 Å². The van der Waals surface area contributed by atoms with Crippen LogP contribution in [-0.2, 0) is 6.42 Å². The van der Waals surface area contributed by atoms with E-state index >= 15 is 0 Å². The van der Waals surface area contributed by atoms with Gasteiger partial charge >= 0.3 is 0 Å². The number of nitrogens with zero attached hydrogens (tertiary/aromatic N) is 4. The molecule has 0 atom stereocenters.